The summed E-state index contributed by atoms with van der Waals surface area (Å²) >= 11 is 0. The normalized spacial score (nSPS) is 17.6. The second kappa shape index (κ2) is 5.61. The van der Waals surface area contributed by atoms with Crippen molar-refractivity contribution in [2.24, 2.45) is 11.7 Å². The van der Waals surface area contributed by atoms with Gasteiger partial charge in [-0.05, 0) is 37.1 Å². The van der Waals surface area contributed by atoms with Gasteiger partial charge in [0.25, 0.3) is 0 Å². The van der Waals surface area contributed by atoms with Crippen molar-refractivity contribution < 1.29 is 13.2 Å². The fourth-order valence-electron chi connectivity index (χ4n) is 2.17. The molecule has 20 heavy (non-hydrogen) atoms. The van der Waals surface area contributed by atoms with E-state index in [1.54, 1.807) is 0 Å². The molecule has 1 aromatic carbocycles. The molecular formula is C13H15N3O3S. The number of carbonyl (C=O) groups excluding carboxylic acids is 1. The average Bonchev–Trinajstić information content (AvgIpc) is 2.47. The maximum atomic E-state index is 12.4. The number of hydrogen-bond acceptors (Lipinski definition) is 4. The fourth-order valence-corrected chi connectivity index (χ4v) is 3.64. The van der Waals surface area contributed by atoms with Crippen molar-refractivity contribution in [3.05, 3.63) is 29.8 Å². The van der Waals surface area contributed by atoms with E-state index in [-0.39, 0.29) is 16.4 Å². The molecule has 0 aliphatic carbocycles. The van der Waals surface area contributed by atoms with Crippen LogP contribution in [-0.2, 0) is 10.0 Å². The summed E-state index contributed by atoms with van der Waals surface area (Å²) in [5.41, 5.74) is 5.39. The Balaban J connectivity index is 2.19. The Bertz CT molecular complexity index is 638. The molecule has 2 rings (SSSR count). The molecule has 1 heterocycles. The van der Waals surface area contributed by atoms with Gasteiger partial charge in [0, 0.05) is 24.6 Å². The smallest absolute Gasteiger partial charge is 0.248 e. The van der Waals surface area contributed by atoms with Crippen molar-refractivity contribution in [2.75, 3.05) is 13.1 Å². The van der Waals surface area contributed by atoms with E-state index in [0.29, 0.717) is 25.9 Å². The fraction of sp³-hybridized carbons (Fsp3) is 0.385. The van der Waals surface area contributed by atoms with Crippen LogP contribution in [0.3, 0.4) is 0 Å². The first kappa shape index (κ1) is 14.5. The molecule has 106 valence electrons. The number of benzene rings is 1. The van der Waals surface area contributed by atoms with Crippen LogP contribution in [0.1, 0.15) is 23.2 Å². The van der Waals surface area contributed by atoms with Crippen molar-refractivity contribution >= 4 is 15.9 Å². The van der Waals surface area contributed by atoms with Crippen LogP contribution < -0.4 is 5.73 Å². The number of sulfonamides is 1. The summed E-state index contributed by atoms with van der Waals surface area (Å²) in [6.07, 6.45) is 1.10. The topological polar surface area (TPSA) is 104 Å². The van der Waals surface area contributed by atoms with Gasteiger partial charge >= 0.3 is 0 Å². The van der Waals surface area contributed by atoms with E-state index in [1.165, 1.54) is 28.6 Å². The van der Waals surface area contributed by atoms with Gasteiger partial charge in [-0.2, -0.15) is 9.57 Å². The lowest BCUT2D eigenvalue weighted by molar-refractivity contribution is 0.1000. The lowest BCUT2D eigenvalue weighted by Gasteiger charge is -2.28. The minimum atomic E-state index is -3.56. The van der Waals surface area contributed by atoms with E-state index in [1.807, 2.05) is 0 Å². The van der Waals surface area contributed by atoms with Crippen molar-refractivity contribution in [3.8, 4) is 6.07 Å². The van der Waals surface area contributed by atoms with E-state index in [2.05, 4.69) is 6.07 Å². The second-order valence-electron chi connectivity index (χ2n) is 4.70. The van der Waals surface area contributed by atoms with Gasteiger partial charge in [-0.1, -0.05) is 0 Å². The summed E-state index contributed by atoms with van der Waals surface area (Å²) in [4.78, 5) is 11.1. The van der Waals surface area contributed by atoms with Crippen LogP contribution in [0.2, 0.25) is 0 Å². The predicted octanol–water partition coefficient (Wildman–Crippen LogP) is 0.710. The Hall–Kier alpha value is -1.91. The number of piperidine rings is 1. The Labute approximate surface area is 117 Å². The summed E-state index contributed by atoms with van der Waals surface area (Å²) in [5.74, 6) is -0.664. The molecule has 2 N–H and O–H groups in total. The van der Waals surface area contributed by atoms with Crippen molar-refractivity contribution in [2.45, 2.75) is 17.7 Å². The molecule has 0 atom stereocenters. The molecule has 0 bridgehead atoms. The Morgan fingerprint density at radius 2 is 1.80 bits per heavy atom. The molecule has 1 aromatic rings. The molecule has 1 fully saturated rings. The van der Waals surface area contributed by atoms with Gasteiger partial charge in [-0.25, -0.2) is 8.42 Å². The molecule has 6 nitrogen and oxygen atoms in total. The van der Waals surface area contributed by atoms with E-state index in [9.17, 15) is 13.2 Å². The number of rotatable bonds is 3. The maximum absolute atomic E-state index is 12.4. The van der Waals surface area contributed by atoms with Crippen LogP contribution in [-0.4, -0.2) is 31.7 Å². The molecule has 0 radical (unpaired) electrons. The molecule has 1 aliphatic heterocycles. The molecule has 1 amide bonds. The third-order valence-corrected chi connectivity index (χ3v) is 5.33. The zero-order chi connectivity index (χ0) is 14.8. The van der Waals surface area contributed by atoms with Crippen LogP contribution in [0.15, 0.2) is 29.2 Å². The highest BCUT2D eigenvalue weighted by Gasteiger charge is 2.29. The van der Waals surface area contributed by atoms with Gasteiger partial charge < -0.3 is 5.73 Å². The van der Waals surface area contributed by atoms with Crippen molar-refractivity contribution in [3.63, 3.8) is 0 Å². The van der Waals surface area contributed by atoms with Crippen LogP contribution in [0.25, 0.3) is 0 Å². The molecule has 0 saturated carbocycles. The standard InChI is InChI=1S/C13H15N3O3S/c14-9-10-5-7-16(8-6-10)20(18,19)12-3-1-11(2-4-12)13(15)17/h1-4,10H,5-8H2,(H2,15,17). The molecule has 0 unspecified atom stereocenters. The lowest BCUT2D eigenvalue weighted by Crippen LogP contribution is -2.38. The van der Waals surface area contributed by atoms with Gasteiger partial charge in [0.2, 0.25) is 15.9 Å². The third kappa shape index (κ3) is 2.81. The first-order valence-corrected chi connectivity index (χ1v) is 7.69. The summed E-state index contributed by atoms with van der Waals surface area (Å²) in [6, 6.07) is 7.72. The number of nitrogens with zero attached hydrogens (tertiary/aromatic N) is 2. The molecule has 7 heteroatoms. The maximum Gasteiger partial charge on any atom is 0.248 e. The summed E-state index contributed by atoms with van der Waals surface area (Å²) in [7, 11) is -3.56. The molecule has 1 aliphatic rings. The van der Waals surface area contributed by atoms with Gasteiger partial charge in [-0.3, -0.25) is 4.79 Å². The number of carbonyl (C=O) groups is 1. The number of nitrogens with two attached hydrogens (primary N) is 1. The largest absolute Gasteiger partial charge is 0.366 e. The predicted molar refractivity (Wildman–Crippen MR) is 72.1 cm³/mol. The third-order valence-electron chi connectivity index (χ3n) is 3.41. The van der Waals surface area contributed by atoms with E-state index < -0.39 is 15.9 Å². The molecule has 0 spiro atoms. The van der Waals surface area contributed by atoms with Gasteiger partial charge in [0.15, 0.2) is 0 Å². The monoisotopic (exact) mass is 293 g/mol. The van der Waals surface area contributed by atoms with Crippen LogP contribution >= 0.6 is 0 Å². The highest BCUT2D eigenvalue weighted by molar-refractivity contribution is 7.89. The van der Waals surface area contributed by atoms with Crippen molar-refractivity contribution in [1.82, 2.24) is 4.31 Å². The van der Waals surface area contributed by atoms with Crippen molar-refractivity contribution in [1.29, 1.82) is 5.26 Å². The Morgan fingerprint density at radius 3 is 2.25 bits per heavy atom. The summed E-state index contributed by atoms with van der Waals surface area (Å²) in [6.45, 7) is 0.691. The zero-order valence-electron chi connectivity index (χ0n) is 10.8. The van der Waals surface area contributed by atoms with Gasteiger partial charge in [-0.15, -0.1) is 0 Å². The number of primary amides is 1. The van der Waals surface area contributed by atoms with Crippen LogP contribution in [0.5, 0.6) is 0 Å². The van der Waals surface area contributed by atoms with Gasteiger partial charge in [0.1, 0.15) is 0 Å². The average molecular weight is 293 g/mol. The second-order valence-corrected chi connectivity index (χ2v) is 6.63. The number of hydrogen-bond donors (Lipinski definition) is 1. The van der Waals surface area contributed by atoms with Crippen LogP contribution in [0.4, 0.5) is 0 Å². The van der Waals surface area contributed by atoms with E-state index >= 15 is 0 Å². The molecular weight excluding hydrogens is 278 g/mol. The van der Waals surface area contributed by atoms with Crippen LogP contribution in [0, 0.1) is 17.2 Å². The highest BCUT2D eigenvalue weighted by Crippen LogP contribution is 2.23. The summed E-state index contributed by atoms with van der Waals surface area (Å²) in [5, 5.41) is 8.82. The zero-order valence-corrected chi connectivity index (χ0v) is 11.6. The quantitative estimate of drug-likeness (QED) is 0.886. The van der Waals surface area contributed by atoms with Gasteiger partial charge in [0.05, 0.1) is 11.0 Å². The SMILES string of the molecule is N#CC1CCN(S(=O)(=O)c2ccc(C(N)=O)cc2)CC1. The number of amides is 1. The molecule has 1 saturated heterocycles. The first-order chi connectivity index (χ1) is 9.45. The van der Waals surface area contributed by atoms with E-state index in [0.717, 1.165) is 0 Å². The summed E-state index contributed by atoms with van der Waals surface area (Å²) < 4.78 is 26.2. The Kier molecular flexibility index (Phi) is 4.06. The first-order valence-electron chi connectivity index (χ1n) is 6.25. The lowest BCUT2D eigenvalue weighted by atomic mass is 10.0. The van der Waals surface area contributed by atoms with E-state index in [4.69, 9.17) is 11.0 Å². The Morgan fingerprint density at radius 1 is 1.25 bits per heavy atom. The minimum absolute atomic E-state index is 0.0707. The molecule has 0 aromatic heterocycles. The highest BCUT2D eigenvalue weighted by atomic mass is 32.2. The number of nitriles is 1. The minimum Gasteiger partial charge on any atom is -0.366 e.